The van der Waals surface area contributed by atoms with Crippen molar-refractivity contribution in [2.75, 3.05) is 11.4 Å². The van der Waals surface area contributed by atoms with Gasteiger partial charge in [-0.15, -0.1) is 12.4 Å². The molecule has 0 N–H and O–H groups in total. The van der Waals surface area contributed by atoms with Crippen LogP contribution in [0, 0.1) is 0 Å². The van der Waals surface area contributed by atoms with E-state index in [1.165, 1.54) is 0 Å². The molecule has 0 aliphatic carbocycles. The molecule has 3 aromatic rings. The number of benzene rings is 1. The van der Waals surface area contributed by atoms with Gasteiger partial charge in [-0.1, -0.05) is 25.8 Å². The first kappa shape index (κ1) is 20.7. The molecule has 32 heavy (non-hydrogen) atoms. The van der Waals surface area contributed by atoms with Crippen LogP contribution in [0.2, 0.25) is 0 Å². The molecule has 3 aliphatic rings. The number of rotatable bonds is 4. The van der Waals surface area contributed by atoms with Crippen LogP contribution in [-0.4, -0.2) is 28.4 Å². The van der Waals surface area contributed by atoms with Gasteiger partial charge >= 0.3 is 5.97 Å². The zero-order valence-corrected chi connectivity index (χ0v) is 18.6. The van der Waals surface area contributed by atoms with E-state index in [4.69, 9.17) is 9.72 Å². The number of aliphatic imine (C=N–C) groups is 1. The molecule has 5 heterocycles. The minimum atomic E-state index is -0.292. The predicted octanol–water partition coefficient (Wildman–Crippen LogP) is 4.12. The number of nitrogens with zero attached hydrogens (tertiary/aromatic N) is 4. The van der Waals surface area contributed by atoms with E-state index in [9.17, 15) is 9.59 Å². The van der Waals surface area contributed by atoms with Crippen LogP contribution < -0.4 is 10.5 Å². The second-order valence-corrected chi connectivity index (χ2v) is 8.37. The number of cyclic esters (lactones) is 1. The van der Waals surface area contributed by atoms with E-state index >= 15 is 0 Å². The number of fused-ring (bicyclic) bond motifs is 5. The summed E-state index contributed by atoms with van der Waals surface area (Å²) in [5.74, 6) is -0.292. The number of hydrogen-bond acceptors (Lipinski definition) is 6. The third-order valence-electron chi connectivity index (χ3n) is 6.45. The van der Waals surface area contributed by atoms with Crippen molar-refractivity contribution in [3.05, 3.63) is 51.3 Å². The van der Waals surface area contributed by atoms with Crippen molar-refractivity contribution < 1.29 is 9.53 Å². The molecule has 7 nitrogen and oxygen atoms in total. The van der Waals surface area contributed by atoms with E-state index in [-0.39, 0.29) is 37.0 Å². The Morgan fingerprint density at radius 1 is 1.16 bits per heavy atom. The molecule has 0 spiro atoms. The molecule has 0 radical (unpaired) electrons. The Labute approximate surface area is 191 Å². The summed E-state index contributed by atoms with van der Waals surface area (Å²) in [7, 11) is 0. The fraction of sp³-hybridized carbons (Fsp3) is 0.333. The number of unbranched alkanes of at least 4 members (excludes halogenated alkanes) is 2. The third-order valence-corrected chi connectivity index (χ3v) is 6.45. The lowest BCUT2D eigenvalue weighted by molar-refractivity contribution is -0.145. The zero-order chi connectivity index (χ0) is 21.1. The van der Waals surface area contributed by atoms with Gasteiger partial charge in [-0.3, -0.25) is 9.59 Å². The van der Waals surface area contributed by atoms with Gasteiger partial charge in [0.2, 0.25) is 0 Å². The molecule has 0 unspecified atom stereocenters. The van der Waals surface area contributed by atoms with Crippen molar-refractivity contribution in [1.29, 1.82) is 0 Å². The quantitative estimate of drug-likeness (QED) is 0.345. The molecule has 0 atom stereocenters. The Balaban J connectivity index is 0.00000216. The van der Waals surface area contributed by atoms with Crippen molar-refractivity contribution in [3.8, 4) is 11.4 Å². The molecule has 0 saturated heterocycles. The Kier molecular flexibility index (Phi) is 5.01. The second kappa shape index (κ2) is 7.74. The maximum atomic E-state index is 13.3. The maximum absolute atomic E-state index is 13.3. The smallest absolute Gasteiger partial charge is 0.310 e. The number of anilines is 1. The lowest BCUT2D eigenvalue weighted by Gasteiger charge is -2.27. The largest absolute Gasteiger partial charge is 0.460 e. The van der Waals surface area contributed by atoms with E-state index in [1.807, 2.05) is 30.6 Å². The standard InChI is InChI=1S/C24H22N4O3.ClH/c1-2-3-4-8-27-13-25-17-6-5-7-18-21(17)23(27)15-11-28-19(22(15)26-18)9-14-10-20(29)31-12-16(14)24(28)30;/h5-7,9,13H,2-4,8,10-12H2,1H3;1H. The van der Waals surface area contributed by atoms with Crippen LogP contribution in [0.4, 0.5) is 11.4 Å². The number of pyridine rings is 2. The van der Waals surface area contributed by atoms with Crippen molar-refractivity contribution in [2.45, 2.75) is 45.8 Å². The number of hydrogen-bond donors (Lipinski definition) is 0. The molecular weight excluding hydrogens is 428 g/mol. The van der Waals surface area contributed by atoms with Crippen LogP contribution in [0.5, 0.6) is 0 Å². The van der Waals surface area contributed by atoms with Gasteiger partial charge in [-0.2, -0.15) is 0 Å². The SMILES string of the molecule is CCCCCN1C=Nc2cccc3nc4c(c1c23)Cn1c-4cc2c(c1=O)COC(=O)C2.Cl. The third kappa shape index (κ3) is 2.95. The van der Waals surface area contributed by atoms with E-state index in [0.29, 0.717) is 12.1 Å². The van der Waals surface area contributed by atoms with Gasteiger partial charge in [0.1, 0.15) is 6.61 Å². The molecule has 0 bridgehead atoms. The molecule has 3 aliphatic heterocycles. The fourth-order valence-corrected chi connectivity index (χ4v) is 4.91. The Morgan fingerprint density at radius 3 is 2.88 bits per heavy atom. The summed E-state index contributed by atoms with van der Waals surface area (Å²) < 4.78 is 6.91. The summed E-state index contributed by atoms with van der Waals surface area (Å²) in [6.07, 6.45) is 5.43. The first-order chi connectivity index (χ1) is 15.2. The van der Waals surface area contributed by atoms with E-state index in [0.717, 1.165) is 70.6 Å². The van der Waals surface area contributed by atoms with Gasteiger partial charge in [0.15, 0.2) is 0 Å². The maximum Gasteiger partial charge on any atom is 0.310 e. The second-order valence-electron chi connectivity index (χ2n) is 8.37. The van der Waals surface area contributed by atoms with Crippen LogP contribution in [0.3, 0.4) is 0 Å². The number of ether oxygens (including phenoxy) is 1. The van der Waals surface area contributed by atoms with Gasteiger partial charge in [-0.05, 0) is 30.2 Å². The summed E-state index contributed by atoms with van der Waals surface area (Å²) in [6, 6.07) is 7.94. The first-order valence-electron chi connectivity index (χ1n) is 10.8. The molecule has 164 valence electrons. The highest BCUT2D eigenvalue weighted by Crippen LogP contribution is 2.45. The number of halogens is 1. The van der Waals surface area contributed by atoms with Crippen LogP contribution in [0.25, 0.3) is 22.3 Å². The van der Waals surface area contributed by atoms with Gasteiger partial charge in [0, 0.05) is 12.1 Å². The normalized spacial score (nSPS) is 15.2. The summed E-state index contributed by atoms with van der Waals surface area (Å²) in [4.78, 5) is 36.9. The summed E-state index contributed by atoms with van der Waals surface area (Å²) in [5.41, 5.74) is 6.81. The molecule has 0 saturated carbocycles. The lowest BCUT2D eigenvalue weighted by Crippen LogP contribution is -2.30. The van der Waals surface area contributed by atoms with Gasteiger partial charge < -0.3 is 14.2 Å². The Hall–Kier alpha value is -3.19. The van der Waals surface area contributed by atoms with E-state index in [2.05, 4.69) is 16.8 Å². The van der Waals surface area contributed by atoms with Crippen LogP contribution in [-0.2, 0) is 29.1 Å². The first-order valence-corrected chi connectivity index (χ1v) is 10.8. The lowest BCUT2D eigenvalue weighted by atomic mass is 10.0. The topological polar surface area (TPSA) is 76.8 Å². The molecular formula is C24H23ClN4O3. The summed E-state index contributed by atoms with van der Waals surface area (Å²) in [5, 5.41) is 1.05. The highest BCUT2D eigenvalue weighted by atomic mass is 35.5. The van der Waals surface area contributed by atoms with E-state index in [1.54, 1.807) is 4.57 Å². The molecule has 6 rings (SSSR count). The number of carbonyl (C=O) groups is 1. The molecule has 0 amide bonds. The molecule has 0 fully saturated rings. The number of esters is 1. The van der Waals surface area contributed by atoms with Crippen molar-refractivity contribution in [1.82, 2.24) is 9.55 Å². The molecule has 1 aromatic carbocycles. The van der Waals surface area contributed by atoms with Crippen LogP contribution in [0.1, 0.15) is 42.9 Å². The fourth-order valence-electron chi connectivity index (χ4n) is 4.91. The predicted molar refractivity (Wildman–Crippen MR) is 126 cm³/mol. The van der Waals surface area contributed by atoms with Crippen LogP contribution in [0.15, 0.2) is 34.1 Å². The van der Waals surface area contributed by atoms with E-state index < -0.39 is 0 Å². The average molecular weight is 451 g/mol. The molecule has 8 heteroatoms. The van der Waals surface area contributed by atoms with Crippen LogP contribution >= 0.6 is 12.4 Å². The van der Waals surface area contributed by atoms with Gasteiger partial charge in [0.25, 0.3) is 5.56 Å². The molecule has 2 aromatic heterocycles. The monoisotopic (exact) mass is 450 g/mol. The minimum Gasteiger partial charge on any atom is -0.460 e. The Morgan fingerprint density at radius 2 is 2.03 bits per heavy atom. The summed E-state index contributed by atoms with van der Waals surface area (Å²) >= 11 is 0. The Bertz CT molecular complexity index is 1360. The van der Waals surface area contributed by atoms with Crippen molar-refractivity contribution >= 4 is 47.0 Å². The minimum absolute atomic E-state index is 0. The number of aromatic nitrogens is 2. The van der Waals surface area contributed by atoms with Crippen molar-refractivity contribution in [3.63, 3.8) is 0 Å². The average Bonchev–Trinajstić information content (AvgIpc) is 3.14. The highest BCUT2D eigenvalue weighted by molar-refractivity contribution is 6.11. The zero-order valence-electron chi connectivity index (χ0n) is 17.8. The highest BCUT2D eigenvalue weighted by Gasteiger charge is 2.32. The van der Waals surface area contributed by atoms with Crippen molar-refractivity contribution in [2.24, 2.45) is 4.99 Å². The van der Waals surface area contributed by atoms with Gasteiger partial charge in [-0.25, -0.2) is 9.98 Å². The number of carbonyl (C=O) groups excluding carboxylic acids is 1. The van der Waals surface area contributed by atoms with Gasteiger partial charge in [0.05, 0.1) is 58.5 Å². The summed E-state index contributed by atoms with van der Waals surface area (Å²) in [6.45, 7) is 3.59.